The predicted octanol–water partition coefficient (Wildman–Crippen LogP) is 6.26. The van der Waals surface area contributed by atoms with Crippen LogP contribution >= 0.6 is 0 Å². The summed E-state index contributed by atoms with van der Waals surface area (Å²) in [6, 6.07) is 28.3. The van der Waals surface area contributed by atoms with Crippen LogP contribution < -0.4 is 5.43 Å². The average Bonchev–Trinajstić information content (AvgIpc) is 3.50. The Bertz CT molecular complexity index is 1840. The number of benzene rings is 4. The van der Waals surface area contributed by atoms with E-state index in [1.54, 1.807) is 6.21 Å². The maximum atomic E-state index is 12.6. The van der Waals surface area contributed by atoms with E-state index in [1.807, 2.05) is 36.5 Å². The summed E-state index contributed by atoms with van der Waals surface area (Å²) in [6.07, 6.45) is 3.62. The molecule has 1 amide bonds. The Kier molecular flexibility index (Phi) is 5.46. The van der Waals surface area contributed by atoms with Gasteiger partial charge in [-0.2, -0.15) is 5.10 Å². The first-order valence-corrected chi connectivity index (χ1v) is 11.6. The molecular weight excluding hydrogens is 468 g/mol. The average molecular weight is 489 g/mol. The molecule has 0 fully saturated rings. The summed E-state index contributed by atoms with van der Waals surface area (Å²) in [6.45, 7) is 0.688. The summed E-state index contributed by atoms with van der Waals surface area (Å²) in [4.78, 5) is 23.1. The predicted molar refractivity (Wildman–Crippen MR) is 143 cm³/mol. The van der Waals surface area contributed by atoms with Crippen LogP contribution in [0, 0.1) is 10.1 Å². The molecule has 6 rings (SSSR count). The topological polar surface area (TPSA) is 103 Å². The van der Waals surface area contributed by atoms with E-state index in [2.05, 4.69) is 51.5 Å². The fourth-order valence-corrected chi connectivity index (χ4v) is 4.59. The van der Waals surface area contributed by atoms with Crippen LogP contribution in [0.25, 0.3) is 32.6 Å². The Hall–Kier alpha value is -5.24. The Morgan fingerprint density at radius 2 is 1.73 bits per heavy atom. The summed E-state index contributed by atoms with van der Waals surface area (Å²) < 4.78 is 7.70. The lowest BCUT2D eigenvalue weighted by Gasteiger charge is -2.09. The molecule has 0 aliphatic carbocycles. The number of para-hydroxylation sites is 1. The van der Waals surface area contributed by atoms with Crippen molar-refractivity contribution in [1.29, 1.82) is 0 Å². The Morgan fingerprint density at radius 3 is 2.59 bits per heavy atom. The number of amides is 1. The lowest BCUT2D eigenvalue weighted by atomic mass is 10.0. The van der Waals surface area contributed by atoms with E-state index < -0.39 is 10.8 Å². The molecule has 1 N–H and O–H groups in total. The van der Waals surface area contributed by atoms with Gasteiger partial charge in [0.05, 0.1) is 11.1 Å². The van der Waals surface area contributed by atoms with E-state index in [0.29, 0.717) is 17.5 Å². The molecule has 2 aromatic heterocycles. The molecule has 0 aliphatic rings. The molecule has 0 saturated carbocycles. The van der Waals surface area contributed by atoms with Crippen LogP contribution in [0.4, 0.5) is 5.69 Å². The third-order valence-corrected chi connectivity index (χ3v) is 6.34. The van der Waals surface area contributed by atoms with Gasteiger partial charge in [-0.3, -0.25) is 14.9 Å². The van der Waals surface area contributed by atoms with Crippen LogP contribution in [-0.4, -0.2) is 21.6 Å². The van der Waals surface area contributed by atoms with Gasteiger partial charge in [0, 0.05) is 46.7 Å². The van der Waals surface area contributed by atoms with Crippen LogP contribution in [0.2, 0.25) is 0 Å². The van der Waals surface area contributed by atoms with Gasteiger partial charge in [-0.15, -0.1) is 0 Å². The van der Waals surface area contributed by atoms with Crippen LogP contribution in [-0.2, 0) is 6.54 Å². The van der Waals surface area contributed by atoms with Crippen molar-refractivity contribution in [3.05, 3.63) is 124 Å². The number of nitro groups is 1. The van der Waals surface area contributed by atoms with Crippen LogP contribution in [0.3, 0.4) is 0 Å². The first-order chi connectivity index (χ1) is 18.1. The standard InChI is InChI=1S/C29H20N4O4/c34-29(28-15-21-14-23(33(35)36)12-13-27(21)37-28)31-30-16-22-18-32(26-11-4-3-10-25(22)26)17-20-8-5-7-19-6-1-2-9-24(19)20/h1-16,18H,17H2,(H,31,34)/b30-16+. The number of carbonyl (C=O) groups excluding carboxylic acids is 1. The Labute approximate surface area is 210 Å². The molecule has 0 unspecified atom stereocenters. The third kappa shape index (κ3) is 4.21. The van der Waals surface area contributed by atoms with Crippen molar-refractivity contribution in [2.24, 2.45) is 5.10 Å². The lowest BCUT2D eigenvalue weighted by molar-refractivity contribution is -0.384. The van der Waals surface area contributed by atoms with Crippen molar-refractivity contribution < 1.29 is 14.1 Å². The zero-order valence-corrected chi connectivity index (χ0v) is 19.5. The van der Waals surface area contributed by atoms with Crippen LogP contribution in [0.15, 0.2) is 107 Å². The third-order valence-electron chi connectivity index (χ3n) is 6.34. The van der Waals surface area contributed by atoms with Gasteiger partial charge in [-0.25, -0.2) is 5.43 Å². The number of hydrogen-bond donors (Lipinski definition) is 1. The maximum Gasteiger partial charge on any atom is 0.307 e. The molecule has 2 heterocycles. The van der Waals surface area contributed by atoms with E-state index >= 15 is 0 Å². The minimum Gasteiger partial charge on any atom is -0.451 e. The molecule has 8 heteroatoms. The molecule has 6 aromatic rings. The summed E-state index contributed by atoms with van der Waals surface area (Å²) in [7, 11) is 0. The van der Waals surface area contributed by atoms with Crippen molar-refractivity contribution in [3.8, 4) is 0 Å². The second-order valence-corrected chi connectivity index (χ2v) is 8.66. The van der Waals surface area contributed by atoms with Crippen molar-refractivity contribution in [2.75, 3.05) is 0 Å². The molecule has 0 spiro atoms. The maximum absolute atomic E-state index is 12.6. The zero-order valence-electron chi connectivity index (χ0n) is 19.5. The molecule has 0 aliphatic heterocycles. The quantitative estimate of drug-likeness (QED) is 0.170. The number of aromatic nitrogens is 1. The van der Waals surface area contributed by atoms with Crippen molar-refractivity contribution >= 4 is 50.5 Å². The number of furan rings is 1. The molecule has 8 nitrogen and oxygen atoms in total. The summed E-state index contributed by atoms with van der Waals surface area (Å²) in [5.74, 6) is -0.527. The molecule has 0 saturated heterocycles. The van der Waals surface area contributed by atoms with Gasteiger partial charge >= 0.3 is 5.91 Å². The molecule has 0 bridgehead atoms. The molecular formula is C29H20N4O4. The second kappa shape index (κ2) is 9.09. The highest BCUT2D eigenvalue weighted by Crippen LogP contribution is 2.26. The van der Waals surface area contributed by atoms with E-state index in [-0.39, 0.29) is 11.4 Å². The molecule has 4 aromatic carbocycles. The SMILES string of the molecule is O=C(N/N=C/c1cn(Cc2cccc3ccccc23)c2ccccc12)c1cc2cc([N+](=O)[O-])ccc2o1. The highest BCUT2D eigenvalue weighted by Gasteiger charge is 2.15. The van der Waals surface area contributed by atoms with Gasteiger partial charge in [-0.1, -0.05) is 60.7 Å². The Balaban J connectivity index is 1.25. The lowest BCUT2D eigenvalue weighted by Crippen LogP contribution is -2.16. The van der Waals surface area contributed by atoms with E-state index in [0.717, 1.165) is 16.5 Å². The van der Waals surface area contributed by atoms with Gasteiger partial charge in [0.25, 0.3) is 5.69 Å². The van der Waals surface area contributed by atoms with Gasteiger partial charge in [0.15, 0.2) is 5.76 Å². The summed E-state index contributed by atoms with van der Waals surface area (Å²) in [5, 5.41) is 19.0. The van der Waals surface area contributed by atoms with Crippen LogP contribution in [0.5, 0.6) is 0 Å². The molecule has 0 radical (unpaired) electrons. The number of non-ortho nitro benzene ring substituents is 1. The van der Waals surface area contributed by atoms with Gasteiger partial charge in [-0.05, 0) is 34.5 Å². The number of rotatable bonds is 6. The number of hydrazone groups is 1. The minimum atomic E-state index is -0.547. The summed E-state index contributed by atoms with van der Waals surface area (Å²) >= 11 is 0. The van der Waals surface area contributed by atoms with Crippen molar-refractivity contribution in [3.63, 3.8) is 0 Å². The van der Waals surface area contributed by atoms with Gasteiger partial charge in [0.2, 0.25) is 0 Å². The van der Waals surface area contributed by atoms with Crippen molar-refractivity contribution in [2.45, 2.75) is 6.54 Å². The number of hydrogen-bond acceptors (Lipinski definition) is 5. The first-order valence-electron chi connectivity index (χ1n) is 11.6. The Morgan fingerprint density at radius 1 is 0.946 bits per heavy atom. The number of nitrogens with one attached hydrogen (secondary N) is 1. The smallest absolute Gasteiger partial charge is 0.307 e. The normalized spacial score (nSPS) is 11.6. The van der Waals surface area contributed by atoms with Gasteiger partial charge in [0.1, 0.15) is 5.58 Å². The van der Waals surface area contributed by atoms with Crippen LogP contribution in [0.1, 0.15) is 21.7 Å². The number of nitro benzene ring substituents is 1. The largest absolute Gasteiger partial charge is 0.451 e. The molecule has 37 heavy (non-hydrogen) atoms. The van der Waals surface area contributed by atoms with Gasteiger partial charge < -0.3 is 8.98 Å². The fraction of sp³-hybridized carbons (Fsp3) is 0.0345. The molecule has 0 atom stereocenters. The minimum absolute atomic E-state index is 0.0195. The second-order valence-electron chi connectivity index (χ2n) is 8.66. The highest BCUT2D eigenvalue weighted by atomic mass is 16.6. The number of carbonyl (C=O) groups is 1. The zero-order chi connectivity index (χ0) is 25.4. The van der Waals surface area contributed by atoms with E-state index in [4.69, 9.17) is 4.42 Å². The molecule has 180 valence electrons. The number of nitrogens with zero attached hydrogens (tertiary/aromatic N) is 3. The highest BCUT2D eigenvalue weighted by molar-refractivity contribution is 6.01. The number of fused-ring (bicyclic) bond motifs is 3. The summed E-state index contributed by atoms with van der Waals surface area (Å²) in [5.41, 5.74) is 5.93. The van der Waals surface area contributed by atoms with Crippen molar-refractivity contribution in [1.82, 2.24) is 9.99 Å². The monoisotopic (exact) mass is 488 g/mol. The van der Waals surface area contributed by atoms with E-state index in [1.165, 1.54) is 40.6 Å². The fourth-order valence-electron chi connectivity index (χ4n) is 4.59. The van der Waals surface area contributed by atoms with E-state index in [9.17, 15) is 14.9 Å². The first kappa shape index (κ1) is 22.2.